The molecule has 0 unspecified atom stereocenters. The minimum Gasteiger partial charge on any atom is -0.475 e. The van der Waals surface area contributed by atoms with E-state index in [1.54, 1.807) is 0 Å². The summed E-state index contributed by atoms with van der Waals surface area (Å²) < 4.78 is 5.89. The van der Waals surface area contributed by atoms with Crippen LogP contribution in [-0.4, -0.2) is 17.0 Å². The van der Waals surface area contributed by atoms with E-state index in [2.05, 4.69) is 21.2 Å². The molecule has 1 aromatic carbocycles. The van der Waals surface area contributed by atoms with E-state index in [1.165, 1.54) is 12.1 Å². The van der Waals surface area contributed by atoms with Crippen molar-refractivity contribution in [2.45, 2.75) is 13.8 Å². The van der Waals surface area contributed by atoms with Gasteiger partial charge in [-0.2, -0.15) is 0 Å². The van der Waals surface area contributed by atoms with Gasteiger partial charge in [0.05, 0.1) is 0 Å². The molecule has 20 heavy (non-hydrogen) atoms. The third-order valence-corrected chi connectivity index (χ3v) is 3.23. The first-order valence-corrected chi connectivity index (χ1v) is 6.59. The maximum Gasteiger partial charge on any atom is 0.371 e. The Morgan fingerprint density at radius 2 is 1.70 bits per heavy atom. The number of hydrogen-bond acceptors (Lipinski definition) is 3. The molecule has 0 aliphatic carbocycles. The molecule has 0 spiro atoms. The molecule has 2 aromatic rings. The van der Waals surface area contributed by atoms with Crippen molar-refractivity contribution >= 4 is 33.5 Å². The van der Waals surface area contributed by atoms with E-state index < -0.39 is 11.9 Å². The fourth-order valence-electron chi connectivity index (χ4n) is 1.86. The molecule has 0 radical (unpaired) electrons. The van der Waals surface area contributed by atoms with Gasteiger partial charge >= 0.3 is 5.97 Å². The molecular weight excluding hydrogens is 326 g/mol. The molecule has 5 nitrogen and oxygen atoms in total. The minimum absolute atomic E-state index is 0.0379. The van der Waals surface area contributed by atoms with Crippen LogP contribution in [0.4, 0.5) is 5.69 Å². The number of halogens is 1. The number of hydrogen-bond donors (Lipinski definition) is 2. The smallest absolute Gasteiger partial charge is 0.371 e. The number of anilines is 1. The van der Waals surface area contributed by atoms with Crippen molar-refractivity contribution in [3.63, 3.8) is 0 Å². The topological polar surface area (TPSA) is 79.5 Å². The van der Waals surface area contributed by atoms with Gasteiger partial charge in [0.25, 0.3) is 5.91 Å². The molecule has 2 rings (SSSR count). The fourth-order valence-corrected chi connectivity index (χ4v) is 2.54. The molecule has 0 atom stereocenters. The number of nitrogens with one attached hydrogen (secondary N) is 1. The van der Waals surface area contributed by atoms with Crippen LogP contribution in [0.5, 0.6) is 0 Å². The van der Waals surface area contributed by atoms with Gasteiger partial charge in [-0.25, -0.2) is 4.79 Å². The van der Waals surface area contributed by atoms with E-state index >= 15 is 0 Å². The van der Waals surface area contributed by atoms with Crippen molar-refractivity contribution in [2.75, 3.05) is 5.32 Å². The summed E-state index contributed by atoms with van der Waals surface area (Å²) in [6.07, 6.45) is 0. The number of furan rings is 1. The van der Waals surface area contributed by atoms with E-state index in [1.807, 2.05) is 26.0 Å². The van der Waals surface area contributed by atoms with E-state index in [9.17, 15) is 9.59 Å². The Balaban J connectivity index is 2.25. The second-order valence-electron chi connectivity index (χ2n) is 4.34. The highest BCUT2D eigenvalue weighted by atomic mass is 79.9. The lowest BCUT2D eigenvalue weighted by Gasteiger charge is -2.11. The van der Waals surface area contributed by atoms with Gasteiger partial charge in [-0.1, -0.05) is 15.9 Å². The normalized spacial score (nSPS) is 10.3. The van der Waals surface area contributed by atoms with Crippen molar-refractivity contribution in [3.8, 4) is 0 Å². The Kier molecular flexibility index (Phi) is 3.94. The van der Waals surface area contributed by atoms with Gasteiger partial charge in [0, 0.05) is 10.2 Å². The monoisotopic (exact) mass is 337 g/mol. The number of rotatable bonds is 3. The summed E-state index contributed by atoms with van der Waals surface area (Å²) in [4.78, 5) is 22.7. The van der Waals surface area contributed by atoms with E-state index in [-0.39, 0.29) is 11.5 Å². The number of carboxylic acid groups (broad SMARTS) is 1. The molecule has 0 saturated carbocycles. The molecule has 1 amide bonds. The maximum atomic E-state index is 12.0. The van der Waals surface area contributed by atoms with E-state index in [0.29, 0.717) is 5.69 Å². The van der Waals surface area contributed by atoms with Crippen LogP contribution >= 0.6 is 15.9 Å². The summed E-state index contributed by atoms with van der Waals surface area (Å²) in [6.45, 7) is 3.75. The predicted molar refractivity (Wildman–Crippen MR) is 77.2 cm³/mol. The molecule has 1 heterocycles. The van der Waals surface area contributed by atoms with Crippen LogP contribution in [0.1, 0.15) is 32.2 Å². The van der Waals surface area contributed by atoms with Crippen molar-refractivity contribution in [2.24, 2.45) is 0 Å². The van der Waals surface area contributed by atoms with Gasteiger partial charge in [-0.05, 0) is 49.2 Å². The minimum atomic E-state index is -1.21. The first kappa shape index (κ1) is 14.3. The van der Waals surface area contributed by atoms with Crippen LogP contribution in [-0.2, 0) is 0 Å². The van der Waals surface area contributed by atoms with Gasteiger partial charge in [0.15, 0.2) is 5.76 Å². The Morgan fingerprint density at radius 3 is 2.20 bits per heavy atom. The van der Waals surface area contributed by atoms with Gasteiger partial charge in [-0.15, -0.1) is 0 Å². The Labute approximate surface area is 123 Å². The Morgan fingerprint density at radius 1 is 1.15 bits per heavy atom. The average molecular weight is 338 g/mol. The van der Waals surface area contributed by atoms with Crippen LogP contribution in [0.3, 0.4) is 0 Å². The third kappa shape index (κ3) is 2.91. The van der Waals surface area contributed by atoms with Gasteiger partial charge in [0.2, 0.25) is 5.76 Å². The van der Waals surface area contributed by atoms with Crippen LogP contribution in [0, 0.1) is 13.8 Å². The number of benzene rings is 1. The number of aromatic carboxylic acids is 1. The summed E-state index contributed by atoms with van der Waals surface area (Å²) in [6, 6.07) is 6.35. The molecule has 0 saturated heterocycles. The van der Waals surface area contributed by atoms with Gasteiger partial charge in [-0.3, -0.25) is 4.79 Å². The second-order valence-corrected chi connectivity index (χ2v) is 5.25. The standard InChI is InChI=1S/C14H12BrNO4/c1-7-5-9(15)6-8(2)12(7)16-13(17)10-3-4-11(20-10)14(18)19/h3-6H,1-2H3,(H,16,17)(H,18,19). The molecule has 0 aliphatic heterocycles. The summed E-state index contributed by atoms with van der Waals surface area (Å²) in [7, 11) is 0. The first-order chi connectivity index (χ1) is 9.38. The van der Waals surface area contributed by atoms with Crippen LogP contribution in [0.15, 0.2) is 33.2 Å². The van der Waals surface area contributed by atoms with Crippen molar-refractivity contribution in [1.29, 1.82) is 0 Å². The number of carbonyl (C=O) groups excluding carboxylic acids is 1. The van der Waals surface area contributed by atoms with Crippen LogP contribution in [0.2, 0.25) is 0 Å². The highest BCUT2D eigenvalue weighted by Gasteiger charge is 2.16. The zero-order chi connectivity index (χ0) is 14.9. The highest BCUT2D eigenvalue weighted by Crippen LogP contribution is 2.25. The van der Waals surface area contributed by atoms with Crippen LogP contribution < -0.4 is 5.32 Å². The van der Waals surface area contributed by atoms with Crippen LogP contribution in [0.25, 0.3) is 0 Å². The number of aryl methyl sites for hydroxylation is 2. The summed E-state index contributed by atoms with van der Waals surface area (Å²) in [5.74, 6) is -1.99. The fraction of sp³-hybridized carbons (Fsp3) is 0.143. The molecule has 0 bridgehead atoms. The number of carbonyl (C=O) groups is 2. The third-order valence-electron chi connectivity index (χ3n) is 2.78. The maximum absolute atomic E-state index is 12.0. The summed E-state index contributed by atoms with van der Waals surface area (Å²) in [5.41, 5.74) is 2.48. The molecule has 0 aliphatic rings. The lowest BCUT2D eigenvalue weighted by molar-refractivity contribution is 0.0660. The molecular formula is C14H12BrNO4. The highest BCUT2D eigenvalue weighted by molar-refractivity contribution is 9.10. The summed E-state index contributed by atoms with van der Waals surface area (Å²) in [5, 5.41) is 11.5. The van der Waals surface area contributed by atoms with Gasteiger partial charge < -0.3 is 14.8 Å². The second kappa shape index (κ2) is 5.50. The van der Waals surface area contributed by atoms with Crippen molar-refractivity contribution in [3.05, 3.63) is 51.4 Å². The Bertz CT molecular complexity index is 667. The largest absolute Gasteiger partial charge is 0.475 e. The molecule has 1 aromatic heterocycles. The zero-order valence-corrected chi connectivity index (χ0v) is 12.4. The predicted octanol–water partition coefficient (Wildman–Crippen LogP) is 3.61. The lowest BCUT2D eigenvalue weighted by Crippen LogP contribution is -2.13. The summed E-state index contributed by atoms with van der Waals surface area (Å²) >= 11 is 3.38. The Hall–Kier alpha value is -2.08. The first-order valence-electron chi connectivity index (χ1n) is 5.79. The molecule has 2 N–H and O–H groups in total. The lowest BCUT2D eigenvalue weighted by atomic mass is 10.1. The molecule has 0 fully saturated rings. The quantitative estimate of drug-likeness (QED) is 0.896. The average Bonchev–Trinajstić information content (AvgIpc) is 2.83. The molecule has 6 heteroatoms. The molecule has 104 valence electrons. The van der Waals surface area contributed by atoms with Crippen molar-refractivity contribution < 1.29 is 19.1 Å². The number of carboxylic acids is 1. The van der Waals surface area contributed by atoms with Gasteiger partial charge in [0.1, 0.15) is 0 Å². The zero-order valence-electron chi connectivity index (χ0n) is 10.9. The number of amides is 1. The van der Waals surface area contributed by atoms with E-state index in [4.69, 9.17) is 9.52 Å². The van der Waals surface area contributed by atoms with E-state index in [0.717, 1.165) is 15.6 Å². The SMILES string of the molecule is Cc1cc(Br)cc(C)c1NC(=O)c1ccc(C(=O)O)o1. The van der Waals surface area contributed by atoms with Crippen molar-refractivity contribution in [1.82, 2.24) is 0 Å².